The van der Waals surface area contributed by atoms with E-state index in [4.69, 9.17) is 11.6 Å². The molecule has 118 valence electrons. The van der Waals surface area contributed by atoms with Gasteiger partial charge in [0.2, 0.25) is 0 Å². The van der Waals surface area contributed by atoms with Crippen LogP contribution in [0.15, 0.2) is 36.4 Å². The highest BCUT2D eigenvalue weighted by atomic mass is 35.5. The van der Waals surface area contributed by atoms with Crippen molar-refractivity contribution in [1.82, 2.24) is 0 Å². The Morgan fingerprint density at radius 1 is 1.18 bits per heavy atom. The van der Waals surface area contributed by atoms with E-state index in [1.807, 2.05) is 6.07 Å². The monoisotopic (exact) mass is 318 g/mol. The van der Waals surface area contributed by atoms with Gasteiger partial charge in [0.15, 0.2) is 0 Å². The zero-order chi connectivity index (χ0) is 15.5. The molecule has 1 saturated carbocycles. The molecule has 0 heterocycles. The summed E-state index contributed by atoms with van der Waals surface area (Å²) < 4.78 is 13.6. The summed E-state index contributed by atoms with van der Waals surface area (Å²) in [7, 11) is 0. The summed E-state index contributed by atoms with van der Waals surface area (Å²) in [5.41, 5.74) is 2.04. The highest BCUT2D eigenvalue weighted by Gasteiger charge is 2.26. The molecule has 0 bridgehead atoms. The maximum Gasteiger partial charge on any atom is 0.142 e. The van der Waals surface area contributed by atoms with Crippen molar-refractivity contribution < 1.29 is 4.39 Å². The first-order valence-electron chi connectivity index (χ1n) is 8.51. The number of hydrogen-bond acceptors (Lipinski definition) is 0. The first-order valence-corrected chi connectivity index (χ1v) is 8.89. The van der Waals surface area contributed by atoms with E-state index in [9.17, 15) is 4.39 Å². The van der Waals surface area contributed by atoms with E-state index in [2.05, 4.69) is 25.2 Å². The van der Waals surface area contributed by atoms with Gasteiger partial charge in [-0.3, -0.25) is 0 Å². The summed E-state index contributed by atoms with van der Waals surface area (Å²) in [5.74, 6) is 2.11. The maximum atomic E-state index is 13.6. The van der Waals surface area contributed by atoms with E-state index >= 15 is 0 Å². The van der Waals surface area contributed by atoms with Crippen LogP contribution >= 0.6 is 11.6 Å². The summed E-state index contributed by atoms with van der Waals surface area (Å²) in [4.78, 5) is 0. The van der Waals surface area contributed by atoms with Crippen LogP contribution in [0, 0.1) is 23.6 Å². The lowest BCUT2D eigenvalue weighted by Crippen LogP contribution is -2.21. The quantitative estimate of drug-likeness (QED) is 0.585. The first-order chi connectivity index (χ1) is 10.7. The van der Waals surface area contributed by atoms with E-state index in [1.54, 1.807) is 6.07 Å². The van der Waals surface area contributed by atoms with Gasteiger partial charge in [0.05, 0.1) is 5.02 Å². The number of rotatable bonds is 3. The fraction of sp³-hybridized carbons (Fsp3) is 0.500. The lowest BCUT2D eigenvalue weighted by atomic mass is 9.73. The van der Waals surface area contributed by atoms with Crippen molar-refractivity contribution in [1.29, 1.82) is 0 Å². The van der Waals surface area contributed by atoms with Gasteiger partial charge in [0.1, 0.15) is 5.82 Å². The average Bonchev–Trinajstić information content (AvgIpc) is 2.58. The predicted molar refractivity (Wildman–Crippen MR) is 92.4 cm³/mol. The molecule has 0 nitrogen and oxygen atoms in total. The predicted octanol–water partition coefficient (Wildman–Crippen LogP) is 6.66. The molecule has 0 saturated heterocycles. The topological polar surface area (TPSA) is 0 Å². The Morgan fingerprint density at radius 3 is 2.55 bits per heavy atom. The molecule has 1 unspecified atom stereocenters. The molecular weight excluding hydrogens is 295 g/mol. The van der Waals surface area contributed by atoms with Gasteiger partial charge in [-0.2, -0.15) is 0 Å². The van der Waals surface area contributed by atoms with E-state index < -0.39 is 0 Å². The molecule has 1 aromatic carbocycles. The Morgan fingerprint density at radius 2 is 1.95 bits per heavy atom. The summed E-state index contributed by atoms with van der Waals surface area (Å²) >= 11 is 5.76. The van der Waals surface area contributed by atoms with E-state index in [-0.39, 0.29) is 10.8 Å². The van der Waals surface area contributed by atoms with Crippen molar-refractivity contribution in [3.63, 3.8) is 0 Å². The summed E-state index contributed by atoms with van der Waals surface area (Å²) in [6.45, 7) is 2.31. The molecule has 2 aliphatic rings. The molecule has 1 atom stereocenters. The largest absolute Gasteiger partial charge is 0.205 e. The van der Waals surface area contributed by atoms with Crippen molar-refractivity contribution in [2.24, 2.45) is 17.8 Å². The second-order valence-corrected chi connectivity index (χ2v) is 7.14. The number of halogens is 2. The molecule has 1 aromatic rings. The summed E-state index contributed by atoms with van der Waals surface area (Å²) in [6.07, 6.45) is 14.7. The van der Waals surface area contributed by atoms with Gasteiger partial charge in [0.25, 0.3) is 0 Å². The molecule has 0 aromatic heterocycles. The van der Waals surface area contributed by atoms with E-state index in [1.165, 1.54) is 38.2 Å². The number of hydrogen-bond donors (Lipinski definition) is 0. The van der Waals surface area contributed by atoms with Crippen LogP contribution in [0.3, 0.4) is 0 Å². The van der Waals surface area contributed by atoms with Gasteiger partial charge in [-0.15, -0.1) is 0 Å². The second-order valence-electron chi connectivity index (χ2n) is 6.74. The fourth-order valence-electron chi connectivity index (χ4n) is 3.90. The minimum Gasteiger partial charge on any atom is -0.205 e. The van der Waals surface area contributed by atoms with Gasteiger partial charge >= 0.3 is 0 Å². The smallest absolute Gasteiger partial charge is 0.142 e. The van der Waals surface area contributed by atoms with Gasteiger partial charge < -0.3 is 0 Å². The Hall–Kier alpha value is -1.08. The summed E-state index contributed by atoms with van der Waals surface area (Å²) in [6, 6.07) is 5.07. The standard InChI is InChI=1S/C20H24ClF/c1-2-14-3-5-15(6-4-14)16-7-9-17(10-8-16)18-11-12-19(21)20(22)13-18/h7,9-16H,2-6,8H2,1H3. The van der Waals surface area contributed by atoms with Crippen LogP contribution in [-0.4, -0.2) is 0 Å². The third-order valence-electron chi connectivity index (χ3n) is 5.46. The van der Waals surface area contributed by atoms with Gasteiger partial charge in [-0.25, -0.2) is 4.39 Å². The van der Waals surface area contributed by atoms with Crippen molar-refractivity contribution in [2.75, 3.05) is 0 Å². The van der Waals surface area contributed by atoms with Crippen molar-refractivity contribution in [3.8, 4) is 0 Å². The Bertz CT molecular complexity index is 579. The van der Waals surface area contributed by atoms with Crippen LogP contribution in [0.25, 0.3) is 5.57 Å². The molecule has 2 heteroatoms. The molecular formula is C20H24ClF. The molecule has 2 aliphatic carbocycles. The average molecular weight is 319 g/mol. The lowest BCUT2D eigenvalue weighted by molar-refractivity contribution is 0.226. The highest BCUT2D eigenvalue weighted by Crippen LogP contribution is 2.39. The molecule has 0 spiro atoms. The number of benzene rings is 1. The molecule has 22 heavy (non-hydrogen) atoms. The Kier molecular flexibility index (Phi) is 5.03. The van der Waals surface area contributed by atoms with Crippen molar-refractivity contribution in [2.45, 2.75) is 45.4 Å². The van der Waals surface area contributed by atoms with Crippen LogP contribution in [0.5, 0.6) is 0 Å². The molecule has 1 fully saturated rings. The molecule has 0 amide bonds. The molecule has 3 rings (SSSR count). The van der Waals surface area contributed by atoms with Crippen LogP contribution in [0.4, 0.5) is 4.39 Å². The normalized spacial score (nSPS) is 28.5. The summed E-state index contributed by atoms with van der Waals surface area (Å²) in [5, 5.41) is 0.190. The van der Waals surface area contributed by atoms with Crippen LogP contribution < -0.4 is 0 Å². The van der Waals surface area contributed by atoms with Crippen LogP contribution in [0.2, 0.25) is 5.02 Å². The van der Waals surface area contributed by atoms with Gasteiger partial charge in [-0.1, -0.05) is 62.1 Å². The van der Waals surface area contributed by atoms with Gasteiger partial charge in [0, 0.05) is 0 Å². The van der Waals surface area contributed by atoms with Crippen LogP contribution in [0.1, 0.15) is 51.0 Å². The maximum absolute atomic E-state index is 13.6. The fourth-order valence-corrected chi connectivity index (χ4v) is 4.02. The second kappa shape index (κ2) is 7.00. The molecule has 0 N–H and O–H groups in total. The number of allylic oxidation sites excluding steroid dienone is 4. The van der Waals surface area contributed by atoms with Gasteiger partial charge in [-0.05, 0) is 60.3 Å². The Labute approximate surface area is 138 Å². The zero-order valence-corrected chi connectivity index (χ0v) is 14.0. The van der Waals surface area contributed by atoms with E-state index in [0.717, 1.165) is 29.4 Å². The van der Waals surface area contributed by atoms with E-state index in [0.29, 0.717) is 5.92 Å². The van der Waals surface area contributed by atoms with Crippen LogP contribution in [-0.2, 0) is 0 Å². The van der Waals surface area contributed by atoms with Crippen molar-refractivity contribution >= 4 is 17.2 Å². The minimum atomic E-state index is -0.339. The minimum absolute atomic E-state index is 0.190. The van der Waals surface area contributed by atoms with Crippen molar-refractivity contribution in [3.05, 3.63) is 52.8 Å². The highest BCUT2D eigenvalue weighted by molar-refractivity contribution is 6.30. The third-order valence-corrected chi connectivity index (χ3v) is 5.77. The lowest BCUT2D eigenvalue weighted by Gasteiger charge is -2.33. The SMILES string of the molecule is CCC1CCC(C2C=CC(c3ccc(Cl)c(F)c3)=CC2)CC1. The first kappa shape index (κ1) is 15.8. The Balaban J connectivity index is 1.63. The zero-order valence-electron chi connectivity index (χ0n) is 13.2. The molecule has 0 aliphatic heterocycles. The third kappa shape index (κ3) is 3.46. The molecule has 0 radical (unpaired) electrons.